The summed E-state index contributed by atoms with van der Waals surface area (Å²) in [4.78, 5) is 11.0. The third kappa shape index (κ3) is 5.23. The van der Waals surface area contributed by atoms with Gasteiger partial charge in [-0.25, -0.2) is 8.78 Å². The molecule has 0 unspecified atom stereocenters. The summed E-state index contributed by atoms with van der Waals surface area (Å²) >= 11 is 3.08. The SMILES string of the molecule is O=C(CBr)CCCCOCc1c(F)cccc1F. The van der Waals surface area contributed by atoms with Crippen LogP contribution in [0.2, 0.25) is 0 Å². The molecule has 0 fully saturated rings. The minimum Gasteiger partial charge on any atom is -0.377 e. The molecule has 1 aromatic carbocycles. The van der Waals surface area contributed by atoms with Crippen molar-refractivity contribution in [3.63, 3.8) is 0 Å². The van der Waals surface area contributed by atoms with E-state index in [4.69, 9.17) is 4.74 Å². The molecule has 0 spiro atoms. The molecule has 0 N–H and O–H groups in total. The number of ether oxygens (including phenoxy) is 1. The van der Waals surface area contributed by atoms with E-state index in [1.165, 1.54) is 18.2 Å². The first-order chi connectivity index (χ1) is 8.65. The molecule has 100 valence electrons. The lowest BCUT2D eigenvalue weighted by Crippen LogP contribution is -2.03. The third-order valence-electron chi connectivity index (χ3n) is 2.45. The van der Waals surface area contributed by atoms with Crippen LogP contribution >= 0.6 is 15.9 Å². The van der Waals surface area contributed by atoms with Crippen LogP contribution in [0.25, 0.3) is 0 Å². The van der Waals surface area contributed by atoms with Crippen molar-refractivity contribution in [3.8, 4) is 0 Å². The van der Waals surface area contributed by atoms with Crippen molar-refractivity contribution in [2.24, 2.45) is 0 Å². The first-order valence-corrected chi connectivity index (χ1v) is 6.85. The summed E-state index contributed by atoms with van der Waals surface area (Å²) in [6.07, 6.45) is 1.93. The molecular formula is C13H15BrF2O2. The summed E-state index contributed by atoms with van der Waals surface area (Å²) in [5.74, 6) is -1.04. The Balaban J connectivity index is 2.20. The Kier molecular flexibility index (Phi) is 7.05. The highest BCUT2D eigenvalue weighted by molar-refractivity contribution is 9.09. The molecule has 0 aliphatic carbocycles. The van der Waals surface area contributed by atoms with Crippen LogP contribution in [0.3, 0.4) is 0 Å². The molecule has 5 heteroatoms. The Morgan fingerprint density at radius 2 is 1.89 bits per heavy atom. The Hall–Kier alpha value is -0.810. The van der Waals surface area contributed by atoms with E-state index in [9.17, 15) is 13.6 Å². The number of Topliss-reactive ketones (excluding diaryl/α,β-unsaturated/α-hetero) is 1. The number of carbonyl (C=O) groups excluding carboxylic acids is 1. The van der Waals surface area contributed by atoms with Gasteiger partial charge in [0, 0.05) is 18.6 Å². The molecule has 0 aliphatic rings. The Morgan fingerprint density at radius 1 is 1.22 bits per heavy atom. The Morgan fingerprint density at radius 3 is 2.50 bits per heavy atom. The van der Waals surface area contributed by atoms with Gasteiger partial charge in [-0.05, 0) is 25.0 Å². The number of hydrogen-bond donors (Lipinski definition) is 0. The van der Waals surface area contributed by atoms with Gasteiger partial charge in [0.1, 0.15) is 17.4 Å². The average Bonchev–Trinajstić information content (AvgIpc) is 2.36. The smallest absolute Gasteiger partial charge is 0.143 e. The fraction of sp³-hybridized carbons (Fsp3) is 0.462. The van der Waals surface area contributed by atoms with E-state index in [-0.39, 0.29) is 18.0 Å². The van der Waals surface area contributed by atoms with Crippen LogP contribution in [0, 0.1) is 11.6 Å². The van der Waals surface area contributed by atoms with Gasteiger partial charge >= 0.3 is 0 Å². The zero-order chi connectivity index (χ0) is 13.4. The molecule has 0 aliphatic heterocycles. The monoisotopic (exact) mass is 320 g/mol. The highest BCUT2D eigenvalue weighted by atomic mass is 79.9. The van der Waals surface area contributed by atoms with Crippen molar-refractivity contribution < 1.29 is 18.3 Å². The molecule has 0 amide bonds. The van der Waals surface area contributed by atoms with Crippen LogP contribution in [0.5, 0.6) is 0 Å². The molecule has 0 aromatic heterocycles. The standard InChI is InChI=1S/C13H15BrF2O2/c14-8-10(17)4-1-2-7-18-9-11-12(15)5-3-6-13(11)16/h3,5-6H,1-2,4,7-9H2. The molecule has 2 nitrogen and oxygen atoms in total. The number of ketones is 1. The number of hydrogen-bond acceptors (Lipinski definition) is 2. The van der Waals surface area contributed by atoms with Crippen LogP contribution in [0.4, 0.5) is 8.78 Å². The number of unbranched alkanes of at least 4 members (excludes halogenated alkanes) is 1. The van der Waals surface area contributed by atoms with Gasteiger partial charge in [0.05, 0.1) is 11.9 Å². The van der Waals surface area contributed by atoms with Crippen molar-refractivity contribution in [2.45, 2.75) is 25.9 Å². The summed E-state index contributed by atoms with van der Waals surface area (Å²) in [7, 11) is 0. The van der Waals surface area contributed by atoms with E-state index in [1.54, 1.807) is 0 Å². The van der Waals surface area contributed by atoms with Gasteiger partial charge < -0.3 is 4.74 Å². The predicted molar refractivity (Wildman–Crippen MR) is 68.7 cm³/mol. The van der Waals surface area contributed by atoms with Crippen molar-refractivity contribution in [1.29, 1.82) is 0 Å². The molecular weight excluding hydrogens is 306 g/mol. The van der Waals surface area contributed by atoms with Crippen LogP contribution in [0.1, 0.15) is 24.8 Å². The summed E-state index contributed by atoms with van der Waals surface area (Å²) in [5, 5.41) is 0.369. The third-order valence-corrected chi connectivity index (χ3v) is 3.08. The Labute approximate surface area is 113 Å². The van der Waals surface area contributed by atoms with Crippen molar-refractivity contribution in [3.05, 3.63) is 35.4 Å². The molecule has 1 aromatic rings. The lowest BCUT2D eigenvalue weighted by molar-refractivity contribution is -0.116. The van der Waals surface area contributed by atoms with Gasteiger partial charge in [-0.3, -0.25) is 4.79 Å². The number of alkyl halides is 1. The van der Waals surface area contributed by atoms with Crippen LogP contribution in [-0.4, -0.2) is 17.7 Å². The van der Waals surface area contributed by atoms with Crippen LogP contribution in [0.15, 0.2) is 18.2 Å². The topological polar surface area (TPSA) is 26.3 Å². The summed E-state index contributed by atoms with van der Waals surface area (Å²) in [6, 6.07) is 3.73. The number of rotatable bonds is 8. The summed E-state index contributed by atoms with van der Waals surface area (Å²) in [6.45, 7) is 0.314. The van der Waals surface area contributed by atoms with Crippen LogP contribution < -0.4 is 0 Å². The minimum atomic E-state index is -0.593. The van der Waals surface area contributed by atoms with E-state index >= 15 is 0 Å². The zero-order valence-electron chi connectivity index (χ0n) is 9.93. The predicted octanol–water partition coefficient (Wildman–Crippen LogP) is 3.62. The molecule has 0 heterocycles. The maximum Gasteiger partial charge on any atom is 0.143 e. The average molecular weight is 321 g/mol. The van der Waals surface area contributed by atoms with Gasteiger partial charge in [-0.1, -0.05) is 22.0 Å². The molecule has 18 heavy (non-hydrogen) atoms. The molecule has 1 rings (SSSR count). The van der Waals surface area contributed by atoms with E-state index in [1.807, 2.05) is 0 Å². The van der Waals surface area contributed by atoms with Gasteiger partial charge in [0.25, 0.3) is 0 Å². The summed E-state index contributed by atoms with van der Waals surface area (Å²) in [5.41, 5.74) is -0.0472. The van der Waals surface area contributed by atoms with Gasteiger partial charge in [0.2, 0.25) is 0 Å². The summed E-state index contributed by atoms with van der Waals surface area (Å²) < 4.78 is 31.6. The van der Waals surface area contributed by atoms with E-state index < -0.39 is 11.6 Å². The van der Waals surface area contributed by atoms with Crippen molar-refractivity contribution >= 4 is 21.7 Å². The highest BCUT2D eigenvalue weighted by Gasteiger charge is 2.07. The normalized spacial score (nSPS) is 10.6. The lowest BCUT2D eigenvalue weighted by Gasteiger charge is -2.06. The maximum absolute atomic E-state index is 13.2. The zero-order valence-corrected chi connectivity index (χ0v) is 11.5. The number of halogens is 3. The first kappa shape index (κ1) is 15.2. The van der Waals surface area contributed by atoms with Gasteiger partial charge in [0.15, 0.2) is 0 Å². The van der Waals surface area contributed by atoms with Gasteiger partial charge in [-0.15, -0.1) is 0 Å². The minimum absolute atomic E-state index is 0.0472. The van der Waals surface area contributed by atoms with Crippen LogP contribution in [-0.2, 0) is 16.1 Å². The van der Waals surface area contributed by atoms with Crippen molar-refractivity contribution in [1.82, 2.24) is 0 Å². The fourth-order valence-electron chi connectivity index (χ4n) is 1.44. The maximum atomic E-state index is 13.2. The second-order valence-electron chi connectivity index (χ2n) is 3.88. The van der Waals surface area contributed by atoms with E-state index in [0.29, 0.717) is 24.8 Å². The molecule has 0 bridgehead atoms. The quantitative estimate of drug-likeness (QED) is 0.540. The van der Waals surface area contributed by atoms with E-state index in [0.717, 1.165) is 6.42 Å². The molecule has 0 radical (unpaired) electrons. The first-order valence-electron chi connectivity index (χ1n) is 5.73. The Bertz CT molecular complexity index is 376. The molecule has 0 saturated carbocycles. The van der Waals surface area contributed by atoms with Crippen molar-refractivity contribution in [2.75, 3.05) is 11.9 Å². The molecule has 0 saturated heterocycles. The highest BCUT2D eigenvalue weighted by Crippen LogP contribution is 2.13. The number of benzene rings is 1. The lowest BCUT2D eigenvalue weighted by atomic mass is 10.2. The fourth-order valence-corrected chi connectivity index (χ4v) is 1.72. The largest absolute Gasteiger partial charge is 0.377 e. The number of carbonyl (C=O) groups is 1. The second kappa shape index (κ2) is 8.32. The molecule has 0 atom stereocenters. The second-order valence-corrected chi connectivity index (χ2v) is 4.44. The van der Waals surface area contributed by atoms with E-state index in [2.05, 4.69) is 15.9 Å². The van der Waals surface area contributed by atoms with Gasteiger partial charge in [-0.2, -0.15) is 0 Å².